The van der Waals surface area contributed by atoms with Crippen molar-refractivity contribution in [2.75, 3.05) is 18.5 Å². The molecule has 0 saturated carbocycles. The van der Waals surface area contributed by atoms with Gasteiger partial charge in [0.25, 0.3) is 5.91 Å². The lowest BCUT2D eigenvalue weighted by molar-refractivity contribution is 0.101. The number of amides is 1. The van der Waals surface area contributed by atoms with Gasteiger partial charge in [-0.15, -0.1) is 0 Å². The van der Waals surface area contributed by atoms with Gasteiger partial charge >= 0.3 is 0 Å². The number of nitrogens with zero attached hydrogens (tertiary/aromatic N) is 3. The maximum Gasteiger partial charge on any atom is 0.277 e. The molecule has 0 fully saturated rings. The number of aromatic nitrogens is 3. The van der Waals surface area contributed by atoms with Crippen LogP contribution in [-0.4, -0.2) is 34.1 Å². The quantitative estimate of drug-likeness (QED) is 0.395. The molecule has 0 saturated heterocycles. The highest BCUT2D eigenvalue weighted by Gasteiger charge is 2.15. The van der Waals surface area contributed by atoms with Gasteiger partial charge in [0.05, 0.1) is 31.6 Å². The standard InChI is InChI=1S/C24H23FN4O4/c1-3-31-21-10-5-16(11-23(21)32-4-2)14-29-15-19(13-26-29)27-24(30)20-12-22(33-28-20)17-6-8-18(25)9-7-17/h5-13,15H,3-4,14H2,1-2H3,(H,27,30). The summed E-state index contributed by atoms with van der Waals surface area (Å²) in [7, 11) is 0. The van der Waals surface area contributed by atoms with E-state index in [0.29, 0.717) is 48.3 Å². The summed E-state index contributed by atoms with van der Waals surface area (Å²) in [6, 6.07) is 13.0. The van der Waals surface area contributed by atoms with Crippen molar-refractivity contribution in [1.82, 2.24) is 14.9 Å². The molecule has 33 heavy (non-hydrogen) atoms. The van der Waals surface area contributed by atoms with Gasteiger partial charge in [0, 0.05) is 17.8 Å². The molecule has 0 aliphatic carbocycles. The minimum Gasteiger partial charge on any atom is -0.490 e. The lowest BCUT2D eigenvalue weighted by Crippen LogP contribution is -2.11. The summed E-state index contributed by atoms with van der Waals surface area (Å²) in [4.78, 5) is 12.5. The minimum atomic E-state index is -0.439. The summed E-state index contributed by atoms with van der Waals surface area (Å²) in [5.74, 6) is 0.958. The van der Waals surface area contributed by atoms with Gasteiger partial charge in [0.1, 0.15) is 5.82 Å². The molecule has 4 aromatic rings. The second-order valence-corrected chi connectivity index (χ2v) is 7.11. The van der Waals surface area contributed by atoms with Crippen LogP contribution in [0.2, 0.25) is 0 Å². The second-order valence-electron chi connectivity index (χ2n) is 7.11. The van der Waals surface area contributed by atoms with Crippen LogP contribution in [-0.2, 0) is 6.54 Å². The molecule has 0 bridgehead atoms. The van der Waals surface area contributed by atoms with E-state index in [1.54, 1.807) is 29.2 Å². The summed E-state index contributed by atoms with van der Waals surface area (Å²) in [6.45, 7) is 5.42. The first kappa shape index (κ1) is 22.1. The molecule has 0 radical (unpaired) electrons. The first-order valence-electron chi connectivity index (χ1n) is 10.5. The number of carbonyl (C=O) groups is 1. The zero-order valence-electron chi connectivity index (χ0n) is 18.2. The van der Waals surface area contributed by atoms with Crippen molar-refractivity contribution in [3.05, 3.63) is 78.0 Å². The predicted molar refractivity (Wildman–Crippen MR) is 120 cm³/mol. The fourth-order valence-corrected chi connectivity index (χ4v) is 3.22. The molecule has 0 unspecified atom stereocenters. The molecule has 1 N–H and O–H groups in total. The molecular formula is C24H23FN4O4. The first-order chi connectivity index (χ1) is 16.1. The van der Waals surface area contributed by atoms with Crippen molar-refractivity contribution in [3.63, 3.8) is 0 Å². The molecule has 2 aromatic carbocycles. The van der Waals surface area contributed by atoms with Crippen molar-refractivity contribution >= 4 is 11.6 Å². The van der Waals surface area contributed by atoms with Gasteiger partial charge in [-0.05, 0) is 55.8 Å². The number of hydrogen-bond donors (Lipinski definition) is 1. The molecule has 0 aliphatic heterocycles. The van der Waals surface area contributed by atoms with Gasteiger partial charge in [0.2, 0.25) is 0 Å². The van der Waals surface area contributed by atoms with Gasteiger partial charge < -0.3 is 19.3 Å². The third kappa shape index (κ3) is 5.38. The maximum absolute atomic E-state index is 13.1. The fourth-order valence-electron chi connectivity index (χ4n) is 3.22. The highest BCUT2D eigenvalue weighted by atomic mass is 19.1. The summed E-state index contributed by atoms with van der Waals surface area (Å²) >= 11 is 0. The summed E-state index contributed by atoms with van der Waals surface area (Å²) in [5, 5.41) is 10.9. The Morgan fingerprint density at radius 3 is 2.58 bits per heavy atom. The summed E-state index contributed by atoms with van der Waals surface area (Å²) in [6.07, 6.45) is 3.27. The van der Waals surface area contributed by atoms with Crippen LogP contribution >= 0.6 is 0 Å². The molecule has 0 atom stereocenters. The number of hydrogen-bond acceptors (Lipinski definition) is 6. The van der Waals surface area contributed by atoms with E-state index in [2.05, 4.69) is 15.6 Å². The van der Waals surface area contributed by atoms with E-state index in [1.165, 1.54) is 18.2 Å². The normalized spacial score (nSPS) is 10.8. The molecule has 0 aliphatic rings. The number of halogens is 1. The monoisotopic (exact) mass is 450 g/mol. The van der Waals surface area contributed by atoms with Crippen molar-refractivity contribution in [3.8, 4) is 22.8 Å². The average molecular weight is 450 g/mol. The molecule has 2 aromatic heterocycles. The van der Waals surface area contributed by atoms with E-state index < -0.39 is 5.91 Å². The number of carbonyl (C=O) groups excluding carboxylic acids is 1. The van der Waals surface area contributed by atoms with Crippen molar-refractivity contribution < 1.29 is 23.2 Å². The maximum atomic E-state index is 13.1. The molecule has 170 valence electrons. The highest BCUT2D eigenvalue weighted by molar-refractivity contribution is 6.03. The van der Waals surface area contributed by atoms with Crippen LogP contribution in [0.4, 0.5) is 10.1 Å². The topological polar surface area (TPSA) is 91.4 Å². The number of benzene rings is 2. The molecule has 9 heteroatoms. The van der Waals surface area contributed by atoms with Crippen molar-refractivity contribution in [2.45, 2.75) is 20.4 Å². The van der Waals surface area contributed by atoms with Crippen molar-refractivity contribution in [2.24, 2.45) is 0 Å². The van der Waals surface area contributed by atoms with Crippen LogP contribution in [0.3, 0.4) is 0 Å². The Kier molecular flexibility index (Phi) is 6.68. The number of rotatable bonds is 9. The Hall–Kier alpha value is -4.14. The van der Waals surface area contributed by atoms with E-state index in [0.717, 1.165) is 5.56 Å². The number of anilines is 1. The predicted octanol–water partition coefficient (Wildman–Crippen LogP) is 4.78. The molecule has 4 rings (SSSR count). The smallest absolute Gasteiger partial charge is 0.277 e. The van der Waals surface area contributed by atoms with Crippen LogP contribution in [0.5, 0.6) is 11.5 Å². The Morgan fingerprint density at radius 1 is 1.06 bits per heavy atom. The first-order valence-corrected chi connectivity index (χ1v) is 10.5. The van der Waals surface area contributed by atoms with E-state index in [1.807, 2.05) is 32.0 Å². The van der Waals surface area contributed by atoms with Gasteiger partial charge in [0.15, 0.2) is 23.0 Å². The fraction of sp³-hybridized carbons (Fsp3) is 0.208. The Bertz CT molecular complexity index is 1230. The Labute approximate surface area is 189 Å². The lowest BCUT2D eigenvalue weighted by Gasteiger charge is -2.12. The van der Waals surface area contributed by atoms with Gasteiger partial charge in [-0.1, -0.05) is 11.2 Å². The lowest BCUT2D eigenvalue weighted by atomic mass is 10.1. The number of nitrogens with one attached hydrogen (secondary N) is 1. The van der Waals surface area contributed by atoms with Gasteiger partial charge in [-0.3, -0.25) is 9.48 Å². The third-order valence-electron chi connectivity index (χ3n) is 4.72. The van der Waals surface area contributed by atoms with Crippen LogP contribution < -0.4 is 14.8 Å². The largest absolute Gasteiger partial charge is 0.490 e. The van der Waals surface area contributed by atoms with Crippen LogP contribution in [0.15, 0.2) is 65.4 Å². The molecule has 2 heterocycles. The van der Waals surface area contributed by atoms with Gasteiger partial charge in [-0.2, -0.15) is 5.10 Å². The molecule has 8 nitrogen and oxygen atoms in total. The van der Waals surface area contributed by atoms with Crippen LogP contribution in [0.25, 0.3) is 11.3 Å². The van der Waals surface area contributed by atoms with Crippen LogP contribution in [0.1, 0.15) is 29.9 Å². The molecular weight excluding hydrogens is 427 g/mol. The van der Waals surface area contributed by atoms with Gasteiger partial charge in [-0.25, -0.2) is 4.39 Å². The van der Waals surface area contributed by atoms with E-state index in [-0.39, 0.29) is 11.5 Å². The molecule has 1 amide bonds. The van der Waals surface area contributed by atoms with E-state index in [4.69, 9.17) is 14.0 Å². The zero-order chi connectivity index (χ0) is 23.2. The summed E-state index contributed by atoms with van der Waals surface area (Å²) in [5.41, 5.74) is 2.22. The summed E-state index contributed by atoms with van der Waals surface area (Å²) < 4.78 is 31.3. The second kappa shape index (κ2) is 9.99. The average Bonchev–Trinajstić information content (AvgIpc) is 3.46. The Morgan fingerprint density at radius 2 is 1.82 bits per heavy atom. The van der Waals surface area contributed by atoms with Crippen molar-refractivity contribution in [1.29, 1.82) is 0 Å². The molecule has 0 spiro atoms. The van der Waals surface area contributed by atoms with E-state index in [9.17, 15) is 9.18 Å². The highest BCUT2D eigenvalue weighted by Crippen LogP contribution is 2.29. The van der Waals surface area contributed by atoms with E-state index >= 15 is 0 Å². The zero-order valence-corrected chi connectivity index (χ0v) is 18.2. The van der Waals surface area contributed by atoms with Crippen LogP contribution in [0, 0.1) is 5.82 Å². The number of ether oxygens (including phenoxy) is 2. The minimum absolute atomic E-state index is 0.106. The Balaban J connectivity index is 1.41. The SMILES string of the molecule is CCOc1ccc(Cn2cc(NC(=O)c3cc(-c4ccc(F)cc4)on3)cn2)cc1OCC. The third-order valence-corrected chi connectivity index (χ3v) is 4.72.